The van der Waals surface area contributed by atoms with Crippen LogP contribution in [0.15, 0.2) is 11.6 Å². The molecule has 17 heteroatoms. The number of hydrogen-bond donors (Lipinski definition) is 9. The Kier molecular flexibility index (Phi) is 12.8. The molecule has 3 saturated heterocycles. The molecule has 0 aromatic carbocycles. The fourth-order valence-electron chi connectivity index (χ4n) is 6.87. The summed E-state index contributed by atoms with van der Waals surface area (Å²) < 4.78 is 34.1. The van der Waals surface area contributed by atoms with Crippen molar-refractivity contribution >= 4 is 11.8 Å². The van der Waals surface area contributed by atoms with Crippen LogP contribution in [0.25, 0.3) is 0 Å². The van der Waals surface area contributed by atoms with Crippen LogP contribution in [0.3, 0.4) is 0 Å². The monoisotopic (exact) mass is 694 g/mol. The van der Waals surface area contributed by atoms with E-state index in [9.17, 15) is 55.5 Å². The van der Waals surface area contributed by atoms with Gasteiger partial charge in [-0.15, -0.1) is 0 Å². The molecule has 3 aliphatic heterocycles. The Morgan fingerprint density at radius 3 is 2.12 bits per heavy atom. The fraction of sp³-hybridized carbons (Fsp3) is 0.871. The molecule has 0 spiro atoms. The highest BCUT2D eigenvalue weighted by atomic mass is 16.8. The van der Waals surface area contributed by atoms with Crippen molar-refractivity contribution in [2.24, 2.45) is 11.3 Å². The second-order valence-electron chi connectivity index (χ2n) is 14.0. The lowest BCUT2D eigenvalue weighted by atomic mass is 9.66. The predicted octanol–water partition coefficient (Wildman–Crippen LogP) is -2.70. The van der Waals surface area contributed by atoms with Gasteiger partial charge in [0, 0.05) is 6.42 Å². The molecule has 1 aliphatic carbocycles. The van der Waals surface area contributed by atoms with Crippen molar-refractivity contribution in [3.05, 3.63) is 11.6 Å². The minimum Gasteiger partial charge on any atom is -0.479 e. The number of allylic oxidation sites excluding steroid dienone is 2. The summed E-state index contributed by atoms with van der Waals surface area (Å²) in [7, 11) is 0. The van der Waals surface area contributed by atoms with Crippen LogP contribution in [-0.2, 0) is 38.0 Å². The highest BCUT2D eigenvalue weighted by Crippen LogP contribution is 2.43. The Bertz CT molecular complexity index is 1150. The lowest BCUT2D eigenvalue weighted by molar-refractivity contribution is -0.372. The van der Waals surface area contributed by atoms with Gasteiger partial charge in [-0.1, -0.05) is 19.4 Å². The maximum absolute atomic E-state index is 12.1. The Morgan fingerprint density at radius 1 is 0.875 bits per heavy atom. The summed E-state index contributed by atoms with van der Waals surface area (Å²) in [4.78, 5) is 23.8. The normalized spacial score (nSPS) is 45.8. The minimum atomic E-state index is -2.00. The molecule has 3 heterocycles. The number of aliphatic hydroxyl groups excluding tert-OH is 8. The average Bonchev–Trinajstić information content (AvgIpc) is 2.99. The van der Waals surface area contributed by atoms with Gasteiger partial charge >= 0.3 is 5.97 Å². The standard InChI is InChI=1S/C31H50O17/c1-11-8-14(32)9-31(4,5)15(11)7-6-12(2)44-30-26(48-29-24(40)20(36)22(38)25(47-29)27(41)42)21(37)18(34)16(46-30)10-43-28-23(39)19(35)17(33)13(3)45-28/h8,12-13,15-26,28-30,33-40H,6-7,9-10H2,1-5H3,(H,41,42). The van der Waals surface area contributed by atoms with Crippen molar-refractivity contribution in [3.63, 3.8) is 0 Å². The summed E-state index contributed by atoms with van der Waals surface area (Å²) in [5.74, 6) is -1.55. The first-order valence-corrected chi connectivity index (χ1v) is 16.1. The van der Waals surface area contributed by atoms with E-state index in [0.717, 1.165) is 5.57 Å². The van der Waals surface area contributed by atoms with Crippen molar-refractivity contribution in [1.82, 2.24) is 0 Å². The van der Waals surface area contributed by atoms with E-state index in [1.165, 1.54) is 6.92 Å². The SMILES string of the molecule is CC1=CC(=O)CC(C)(C)C1CCC(C)OC1OC(COC2OC(C)C(O)C(O)C2O)C(O)C(O)C1OC1OC(C(=O)O)C(O)C(O)C1O. The first-order chi connectivity index (χ1) is 22.3. The smallest absolute Gasteiger partial charge is 0.335 e. The third-order valence-electron chi connectivity index (χ3n) is 9.72. The van der Waals surface area contributed by atoms with Crippen LogP contribution in [0.1, 0.15) is 53.9 Å². The molecule has 17 atom stereocenters. The molecule has 0 amide bonds. The highest BCUT2D eigenvalue weighted by molar-refractivity contribution is 5.91. The molecule has 0 aromatic rings. The fourth-order valence-corrected chi connectivity index (χ4v) is 6.87. The maximum atomic E-state index is 12.1. The van der Waals surface area contributed by atoms with E-state index in [1.54, 1.807) is 13.0 Å². The van der Waals surface area contributed by atoms with Gasteiger partial charge < -0.3 is 74.4 Å². The summed E-state index contributed by atoms with van der Waals surface area (Å²) in [6.07, 6.45) is -22.5. The van der Waals surface area contributed by atoms with Gasteiger partial charge in [0.05, 0.1) is 18.8 Å². The van der Waals surface area contributed by atoms with Crippen molar-refractivity contribution in [1.29, 1.82) is 0 Å². The number of ether oxygens (including phenoxy) is 6. The van der Waals surface area contributed by atoms with Crippen LogP contribution in [0, 0.1) is 11.3 Å². The van der Waals surface area contributed by atoms with E-state index in [2.05, 4.69) is 0 Å². The molecule has 3 fully saturated rings. The topological polar surface area (TPSA) is 272 Å². The predicted molar refractivity (Wildman–Crippen MR) is 159 cm³/mol. The van der Waals surface area contributed by atoms with E-state index < -0.39 is 111 Å². The molecule has 17 unspecified atom stereocenters. The van der Waals surface area contributed by atoms with E-state index in [1.807, 2.05) is 20.8 Å². The van der Waals surface area contributed by atoms with E-state index in [4.69, 9.17) is 28.4 Å². The Balaban J connectivity index is 1.51. The summed E-state index contributed by atoms with van der Waals surface area (Å²) >= 11 is 0. The molecule has 0 bridgehead atoms. The summed E-state index contributed by atoms with van der Waals surface area (Å²) in [5, 5.41) is 93.0. The number of aliphatic hydroxyl groups is 8. The van der Waals surface area contributed by atoms with Gasteiger partial charge in [0.1, 0.15) is 61.0 Å². The molecule has 48 heavy (non-hydrogen) atoms. The van der Waals surface area contributed by atoms with Crippen molar-refractivity contribution in [3.8, 4) is 0 Å². The minimum absolute atomic E-state index is 0.0515. The Labute approximate surface area is 277 Å². The first kappa shape index (κ1) is 39.1. The number of aliphatic carboxylic acids is 1. The molecular weight excluding hydrogens is 644 g/mol. The van der Waals surface area contributed by atoms with Crippen molar-refractivity contribution < 1.29 is 84.0 Å². The quantitative estimate of drug-likeness (QED) is 0.106. The zero-order valence-corrected chi connectivity index (χ0v) is 27.5. The van der Waals surface area contributed by atoms with Crippen molar-refractivity contribution in [2.45, 2.75) is 152 Å². The summed E-state index contributed by atoms with van der Waals surface area (Å²) in [5.41, 5.74) is 0.629. The number of carbonyl (C=O) groups excluding carboxylic acids is 1. The van der Waals surface area contributed by atoms with Crippen LogP contribution in [-0.4, -0.2) is 163 Å². The molecule has 0 saturated carbocycles. The van der Waals surface area contributed by atoms with Crippen LogP contribution >= 0.6 is 0 Å². The van der Waals surface area contributed by atoms with Crippen LogP contribution in [0.5, 0.6) is 0 Å². The van der Waals surface area contributed by atoms with Crippen LogP contribution in [0.4, 0.5) is 0 Å². The van der Waals surface area contributed by atoms with Gasteiger partial charge in [0.25, 0.3) is 0 Å². The lowest BCUT2D eigenvalue weighted by Gasteiger charge is -2.46. The molecule has 0 aromatic heterocycles. The number of ketones is 1. The second-order valence-corrected chi connectivity index (χ2v) is 14.0. The summed E-state index contributed by atoms with van der Waals surface area (Å²) in [6, 6.07) is 0. The third-order valence-corrected chi connectivity index (χ3v) is 9.72. The number of carbonyl (C=O) groups is 2. The van der Waals surface area contributed by atoms with E-state index in [-0.39, 0.29) is 17.1 Å². The number of rotatable bonds is 11. The molecule has 0 radical (unpaired) electrons. The number of hydrogen-bond acceptors (Lipinski definition) is 16. The van der Waals surface area contributed by atoms with Gasteiger partial charge in [-0.25, -0.2) is 4.79 Å². The molecular formula is C31H50O17. The Morgan fingerprint density at radius 2 is 1.50 bits per heavy atom. The van der Waals surface area contributed by atoms with Gasteiger partial charge in [-0.3, -0.25) is 4.79 Å². The largest absolute Gasteiger partial charge is 0.479 e. The maximum Gasteiger partial charge on any atom is 0.335 e. The Hall–Kier alpha value is -1.68. The van der Waals surface area contributed by atoms with E-state index in [0.29, 0.717) is 19.3 Å². The molecule has 4 rings (SSSR count). The van der Waals surface area contributed by atoms with Gasteiger partial charge in [-0.05, 0) is 51.0 Å². The van der Waals surface area contributed by atoms with Crippen LogP contribution in [0.2, 0.25) is 0 Å². The molecule has 17 nitrogen and oxygen atoms in total. The molecule has 276 valence electrons. The lowest BCUT2D eigenvalue weighted by Crippen LogP contribution is -2.65. The third kappa shape index (κ3) is 8.43. The molecule has 9 N–H and O–H groups in total. The average molecular weight is 695 g/mol. The second kappa shape index (κ2) is 15.7. The number of carboxylic acid groups (broad SMARTS) is 1. The number of carboxylic acids is 1. The van der Waals surface area contributed by atoms with Crippen LogP contribution < -0.4 is 0 Å². The first-order valence-electron chi connectivity index (χ1n) is 16.1. The van der Waals surface area contributed by atoms with E-state index >= 15 is 0 Å². The zero-order chi connectivity index (χ0) is 35.8. The highest BCUT2D eigenvalue weighted by Gasteiger charge is 2.53. The van der Waals surface area contributed by atoms with Gasteiger partial charge in [0.2, 0.25) is 0 Å². The zero-order valence-electron chi connectivity index (χ0n) is 27.5. The van der Waals surface area contributed by atoms with Crippen molar-refractivity contribution in [2.75, 3.05) is 6.61 Å². The summed E-state index contributed by atoms with van der Waals surface area (Å²) in [6.45, 7) is 8.56. The molecule has 4 aliphatic rings. The van der Waals surface area contributed by atoms with Gasteiger partial charge in [-0.2, -0.15) is 0 Å². The van der Waals surface area contributed by atoms with Gasteiger partial charge in [0.15, 0.2) is 30.8 Å².